The Morgan fingerprint density at radius 3 is 2.19 bits per heavy atom. The predicted molar refractivity (Wildman–Crippen MR) is 148 cm³/mol. The number of aliphatic hydroxyl groups excluding tert-OH is 2. The van der Waals surface area contributed by atoms with Crippen LogP contribution in [0, 0.1) is 18.8 Å². The summed E-state index contributed by atoms with van der Waals surface area (Å²) in [6.07, 6.45) is -3.16. The normalized spacial score (nSPS) is 12.2. The van der Waals surface area contributed by atoms with Gasteiger partial charge in [0.05, 0.1) is 12.6 Å². The van der Waals surface area contributed by atoms with E-state index in [9.17, 15) is 19.8 Å². The Hall–Kier alpha value is -2.85. The second-order valence-corrected chi connectivity index (χ2v) is 7.97. The number of halogens is 1. The minimum absolute atomic E-state index is 0.0255. The average Bonchev–Trinajstić information content (AvgIpc) is 2.91. The molecule has 2 aromatic carbocycles. The third kappa shape index (κ3) is 10.8. The SMILES string of the molecule is CC.CC.CCCN(C(=O)[C@H](O)[C@@H](O)C(=O)NCC#Cc1ccc(C)cc1)C(C)c1cccc(Cl)c1. The minimum atomic E-state index is -1.91. The van der Waals surface area contributed by atoms with Crippen LogP contribution >= 0.6 is 11.6 Å². The van der Waals surface area contributed by atoms with Crippen LogP contribution in [0.25, 0.3) is 0 Å². The fourth-order valence-corrected chi connectivity index (χ4v) is 3.35. The summed E-state index contributed by atoms with van der Waals surface area (Å²) >= 11 is 6.05. The van der Waals surface area contributed by atoms with Gasteiger partial charge in [-0.1, -0.05) is 87.9 Å². The van der Waals surface area contributed by atoms with E-state index in [0.29, 0.717) is 18.0 Å². The van der Waals surface area contributed by atoms with Crippen molar-refractivity contribution in [3.8, 4) is 11.8 Å². The Morgan fingerprint density at radius 1 is 1.03 bits per heavy atom. The first-order chi connectivity index (χ1) is 17.2. The molecule has 0 radical (unpaired) electrons. The van der Waals surface area contributed by atoms with E-state index in [1.165, 1.54) is 4.90 Å². The molecule has 6 nitrogen and oxygen atoms in total. The summed E-state index contributed by atoms with van der Waals surface area (Å²) in [5.41, 5.74) is 2.70. The number of hydrogen-bond acceptors (Lipinski definition) is 4. The number of amides is 2. The molecular weight excluding hydrogens is 476 g/mol. The van der Waals surface area contributed by atoms with Crippen LogP contribution in [-0.4, -0.2) is 52.2 Å². The van der Waals surface area contributed by atoms with Crippen LogP contribution in [0.4, 0.5) is 0 Å². The molecule has 0 fully saturated rings. The van der Waals surface area contributed by atoms with Crippen molar-refractivity contribution in [2.75, 3.05) is 13.1 Å². The summed E-state index contributed by atoms with van der Waals surface area (Å²) in [4.78, 5) is 26.6. The standard InChI is InChI=1S/C25H29ClN2O4.2C2H6/c1-4-15-28(18(3)20-8-5-9-21(26)16-20)25(32)23(30)22(29)24(31)27-14-6-7-19-12-10-17(2)11-13-19;2*1-2/h5,8-13,16,18,22-23,29-30H,4,14-15H2,1-3H3,(H,27,31);2*1-2H3/t18?,22-,23-;;/m1../s1. The Morgan fingerprint density at radius 2 is 1.64 bits per heavy atom. The smallest absolute Gasteiger partial charge is 0.255 e. The highest BCUT2D eigenvalue weighted by Gasteiger charge is 2.35. The summed E-state index contributed by atoms with van der Waals surface area (Å²) in [5.74, 6) is 4.08. The van der Waals surface area contributed by atoms with Gasteiger partial charge < -0.3 is 20.4 Å². The molecule has 0 saturated carbocycles. The van der Waals surface area contributed by atoms with Gasteiger partial charge in [-0.25, -0.2) is 0 Å². The van der Waals surface area contributed by atoms with Gasteiger partial charge in [-0.2, -0.15) is 0 Å². The summed E-state index contributed by atoms with van der Waals surface area (Å²) in [6, 6.07) is 14.3. The monoisotopic (exact) mass is 516 g/mol. The quantitative estimate of drug-likeness (QED) is 0.436. The first kappa shape index (κ1) is 33.1. The molecule has 7 heteroatoms. The van der Waals surface area contributed by atoms with E-state index < -0.39 is 30.1 Å². The Balaban J connectivity index is 0.00000291. The van der Waals surface area contributed by atoms with Crippen molar-refractivity contribution in [3.63, 3.8) is 0 Å². The molecule has 0 saturated heterocycles. The van der Waals surface area contributed by atoms with E-state index in [4.69, 9.17) is 11.6 Å². The fraction of sp³-hybridized carbons (Fsp3) is 0.448. The lowest BCUT2D eigenvalue weighted by molar-refractivity contribution is -0.154. The van der Waals surface area contributed by atoms with Gasteiger partial charge >= 0.3 is 0 Å². The highest BCUT2D eigenvalue weighted by molar-refractivity contribution is 6.30. The molecule has 0 aliphatic carbocycles. The number of rotatable bonds is 8. The molecule has 0 heterocycles. The van der Waals surface area contributed by atoms with E-state index in [1.54, 1.807) is 25.1 Å². The van der Waals surface area contributed by atoms with Crippen molar-refractivity contribution in [2.45, 2.75) is 73.1 Å². The number of carbonyl (C=O) groups is 2. The maximum Gasteiger partial charge on any atom is 0.255 e. The Labute approximate surface area is 221 Å². The number of nitrogens with zero attached hydrogens (tertiary/aromatic N) is 1. The lowest BCUT2D eigenvalue weighted by Crippen LogP contribution is -2.51. The topological polar surface area (TPSA) is 89.9 Å². The lowest BCUT2D eigenvalue weighted by Gasteiger charge is -2.32. The van der Waals surface area contributed by atoms with Crippen LogP contribution in [0.3, 0.4) is 0 Å². The Bertz CT molecular complexity index is 983. The molecule has 0 aliphatic heterocycles. The van der Waals surface area contributed by atoms with Gasteiger partial charge in [0.15, 0.2) is 12.2 Å². The lowest BCUT2D eigenvalue weighted by atomic mass is 10.0. The molecule has 3 N–H and O–H groups in total. The van der Waals surface area contributed by atoms with E-state index in [-0.39, 0.29) is 6.54 Å². The number of aliphatic hydroxyl groups is 2. The minimum Gasteiger partial charge on any atom is -0.380 e. The van der Waals surface area contributed by atoms with E-state index in [1.807, 2.05) is 71.9 Å². The highest BCUT2D eigenvalue weighted by atomic mass is 35.5. The number of benzene rings is 2. The molecule has 0 spiro atoms. The molecule has 0 bridgehead atoms. The van der Waals surface area contributed by atoms with Crippen molar-refractivity contribution in [1.29, 1.82) is 0 Å². The van der Waals surface area contributed by atoms with Crippen LogP contribution in [0.1, 0.15) is 70.7 Å². The van der Waals surface area contributed by atoms with Gasteiger partial charge in [0.1, 0.15) is 0 Å². The van der Waals surface area contributed by atoms with E-state index >= 15 is 0 Å². The van der Waals surface area contributed by atoms with Gasteiger partial charge in [0.2, 0.25) is 0 Å². The summed E-state index contributed by atoms with van der Waals surface area (Å²) in [7, 11) is 0. The largest absolute Gasteiger partial charge is 0.380 e. The van der Waals surface area contributed by atoms with Crippen molar-refractivity contribution >= 4 is 23.4 Å². The van der Waals surface area contributed by atoms with Crippen LogP contribution in [0.2, 0.25) is 5.02 Å². The number of nitrogens with one attached hydrogen (secondary N) is 1. The molecule has 198 valence electrons. The number of hydrogen-bond donors (Lipinski definition) is 3. The third-order valence-corrected chi connectivity index (χ3v) is 5.24. The van der Waals surface area contributed by atoms with Crippen LogP contribution in [0.5, 0.6) is 0 Å². The summed E-state index contributed by atoms with van der Waals surface area (Å²) in [6.45, 7) is 14.0. The molecule has 36 heavy (non-hydrogen) atoms. The number of carbonyl (C=O) groups excluding carboxylic acids is 2. The fourth-order valence-electron chi connectivity index (χ4n) is 3.15. The van der Waals surface area contributed by atoms with Crippen LogP contribution < -0.4 is 5.32 Å². The molecule has 1 unspecified atom stereocenters. The van der Waals surface area contributed by atoms with Crippen molar-refractivity contribution in [2.24, 2.45) is 0 Å². The first-order valence-electron chi connectivity index (χ1n) is 12.5. The van der Waals surface area contributed by atoms with Gasteiger partial charge in [0.25, 0.3) is 11.8 Å². The van der Waals surface area contributed by atoms with Gasteiger partial charge in [0, 0.05) is 17.1 Å². The predicted octanol–water partition coefficient (Wildman–Crippen LogP) is 4.89. The molecule has 2 aromatic rings. The van der Waals surface area contributed by atoms with Gasteiger partial charge in [-0.3, -0.25) is 9.59 Å². The molecule has 3 atom stereocenters. The zero-order valence-electron chi connectivity index (χ0n) is 22.5. The Kier molecular flexibility index (Phi) is 17.0. The first-order valence-corrected chi connectivity index (χ1v) is 12.9. The average molecular weight is 517 g/mol. The van der Waals surface area contributed by atoms with Crippen LogP contribution in [-0.2, 0) is 9.59 Å². The van der Waals surface area contributed by atoms with Crippen molar-refractivity contribution in [3.05, 3.63) is 70.2 Å². The van der Waals surface area contributed by atoms with Gasteiger partial charge in [-0.05, 0) is 50.1 Å². The van der Waals surface area contributed by atoms with Crippen molar-refractivity contribution < 1.29 is 19.8 Å². The van der Waals surface area contributed by atoms with E-state index in [0.717, 1.165) is 16.7 Å². The maximum atomic E-state index is 12.9. The summed E-state index contributed by atoms with van der Waals surface area (Å²) in [5, 5.41) is 23.6. The van der Waals surface area contributed by atoms with Crippen LogP contribution in [0.15, 0.2) is 48.5 Å². The molecular formula is C29H41ClN2O4. The highest BCUT2D eigenvalue weighted by Crippen LogP contribution is 2.24. The van der Waals surface area contributed by atoms with Gasteiger partial charge in [-0.15, -0.1) is 0 Å². The van der Waals surface area contributed by atoms with Crippen molar-refractivity contribution in [1.82, 2.24) is 10.2 Å². The maximum absolute atomic E-state index is 12.9. The zero-order valence-corrected chi connectivity index (χ0v) is 23.3. The molecule has 0 aliphatic rings. The summed E-state index contributed by atoms with van der Waals surface area (Å²) < 4.78 is 0. The molecule has 2 rings (SSSR count). The second-order valence-electron chi connectivity index (χ2n) is 7.54. The second kappa shape index (κ2) is 18.4. The number of aryl methyl sites for hydroxylation is 1. The third-order valence-electron chi connectivity index (χ3n) is 5.00. The van der Waals surface area contributed by atoms with E-state index in [2.05, 4.69) is 17.2 Å². The molecule has 2 amide bonds. The molecule has 0 aromatic heterocycles. The zero-order chi connectivity index (χ0) is 27.7.